The van der Waals surface area contributed by atoms with Crippen LogP contribution in [0.2, 0.25) is 0 Å². The second-order valence-corrected chi connectivity index (χ2v) is 8.12. The van der Waals surface area contributed by atoms with Gasteiger partial charge < -0.3 is 11.1 Å². The molecule has 0 saturated carbocycles. The molecule has 0 aromatic heterocycles. The second kappa shape index (κ2) is 7.47. The van der Waals surface area contributed by atoms with Gasteiger partial charge in [0.25, 0.3) is 0 Å². The zero-order chi connectivity index (χ0) is 21.6. The van der Waals surface area contributed by atoms with Crippen molar-refractivity contribution in [1.82, 2.24) is 5.01 Å². The molecule has 3 N–H and O–H groups in total. The summed E-state index contributed by atoms with van der Waals surface area (Å²) in [4.78, 5) is 0. The number of anilines is 1. The maximum atomic E-state index is 14.6. The molecule has 2 aromatic rings. The summed E-state index contributed by atoms with van der Waals surface area (Å²) in [5.74, 6) is -1.35. The summed E-state index contributed by atoms with van der Waals surface area (Å²) in [6.07, 6.45) is 1.02. The molecule has 2 aliphatic heterocycles. The van der Waals surface area contributed by atoms with E-state index in [1.54, 1.807) is 11.9 Å². The number of nitrogens with zero attached hydrogens (tertiary/aromatic N) is 2. The molecule has 0 bridgehead atoms. The van der Waals surface area contributed by atoms with Crippen LogP contribution in [-0.2, 0) is 5.54 Å². The summed E-state index contributed by atoms with van der Waals surface area (Å²) in [7, 11) is 0. The highest BCUT2D eigenvalue weighted by molar-refractivity contribution is 6.03. The van der Waals surface area contributed by atoms with Gasteiger partial charge in [0.2, 0.25) is 0 Å². The largest absolute Gasteiger partial charge is 0.384 e. The van der Waals surface area contributed by atoms with Crippen LogP contribution in [0, 0.1) is 30.3 Å². The van der Waals surface area contributed by atoms with Gasteiger partial charge in [0.05, 0.1) is 11.3 Å². The highest BCUT2D eigenvalue weighted by Gasteiger charge is 2.53. The van der Waals surface area contributed by atoms with E-state index >= 15 is 0 Å². The molecule has 4 nitrogen and oxygen atoms in total. The van der Waals surface area contributed by atoms with E-state index in [0.717, 1.165) is 17.7 Å². The summed E-state index contributed by atoms with van der Waals surface area (Å²) in [5.41, 5.74) is 8.49. The molecule has 4 rings (SSSR count). The molecular formula is C23H25F3N4. The number of hydrogen-bond donors (Lipinski definition) is 2. The van der Waals surface area contributed by atoms with E-state index in [0.29, 0.717) is 48.6 Å². The number of rotatable bonds is 4. The molecule has 1 spiro atoms. The molecule has 7 heteroatoms. The lowest BCUT2D eigenvalue weighted by molar-refractivity contribution is 0.0832. The molecule has 158 valence electrons. The molecular weight excluding hydrogens is 389 g/mol. The third-order valence-corrected chi connectivity index (χ3v) is 6.13. The number of benzene rings is 2. The SMILES string of the molecule is C=C(C)N1N=C(c2cc(F)ccc2F)CC12c1cc(C)c(F)cc1NCC2CCN. The average Bonchev–Trinajstić information content (AvgIpc) is 3.09. The van der Waals surface area contributed by atoms with Gasteiger partial charge in [0, 0.05) is 41.4 Å². The second-order valence-electron chi connectivity index (χ2n) is 8.12. The lowest BCUT2D eigenvalue weighted by Crippen LogP contribution is -2.51. The van der Waals surface area contributed by atoms with Crippen LogP contribution in [0.1, 0.15) is 36.5 Å². The molecule has 2 unspecified atom stereocenters. The summed E-state index contributed by atoms with van der Waals surface area (Å²) >= 11 is 0. The molecule has 2 aromatic carbocycles. The highest BCUT2D eigenvalue weighted by atomic mass is 19.1. The Balaban J connectivity index is 1.93. The minimum Gasteiger partial charge on any atom is -0.384 e. The zero-order valence-electron chi connectivity index (χ0n) is 17.1. The van der Waals surface area contributed by atoms with Crippen molar-refractivity contribution in [2.24, 2.45) is 16.8 Å². The van der Waals surface area contributed by atoms with Crippen LogP contribution in [0.5, 0.6) is 0 Å². The maximum Gasteiger partial charge on any atom is 0.132 e. The van der Waals surface area contributed by atoms with Gasteiger partial charge in [-0.05, 0) is 62.7 Å². The quantitative estimate of drug-likeness (QED) is 0.766. The van der Waals surface area contributed by atoms with E-state index in [4.69, 9.17) is 10.8 Å². The van der Waals surface area contributed by atoms with Gasteiger partial charge in [-0.15, -0.1) is 0 Å². The third kappa shape index (κ3) is 3.08. The summed E-state index contributed by atoms with van der Waals surface area (Å²) in [6, 6.07) is 6.67. The zero-order valence-corrected chi connectivity index (χ0v) is 17.1. The van der Waals surface area contributed by atoms with Crippen LogP contribution in [-0.4, -0.2) is 23.8 Å². The van der Waals surface area contributed by atoms with E-state index in [-0.39, 0.29) is 17.3 Å². The number of hydrogen-bond acceptors (Lipinski definition) is 4. The van der Waals surface area contributed by atoms with Gasteiger partial charge in [0.1, 0.15) is 17.5 Å². The van der Waals surface area contributed by atoms with Crippen molar-refractivity contribution in [1.29, 1.82) is 0 Å². The molecule has 0 amide bonds. The van der Waals surface area contributed by atoms with E-state index < -0.39 is 17.2 Å². The lowest BCUT2D eigenvalue weighted by Gasteiger charge is -2.48. The number of allylic oxidation sites excluding steroid dienone is 1. The average molecular weight is 414 g/mol. The predicted octanol–water partition coefficient (Wildman–Crippen LogP) is 4.64. The number of hydrazone groups is 1. The number of fused-ring (bicyclic) bond motifs is 2. The van der Waals surface area contributed by atoms with Crippen LogP contribution in [0.25, 0.3) is 0 Å². The smallest absolute Gasteiger partial charge is 0.132 e. The molecule has 2 aliphatic rings. The highest BCUT2D eigenvalue weighted by Crippen LogP contribution is 2.52. The van der Waals surface area contributed by atoms with Gasteiger partial charge in [-0.3, -0.25) is 5.01 Å². The Bertz CT molecular complexity index is 1050. The van der Waals surface area contributed by atoms with Crippen LogP contribution in [0.15, 0.2) is 47.7 Å². The Labute approximate surface area is 174 Å². The minimum absolute atomic E-state index is 0.00873. The fourth-order valence-corrected chi connectivity index (χ4v) is 4.75. The van der Waals surface area contributed by atoms with Gasteiger partial charge in [-0.1, -0.05) is 6.58 Å². The van der Waals surface area contributed by atoms with Crippen molar-refractivity contribution in [3.63, 3.8) is 0 Å². The first kappa shape index (κ1) is 20.5. The minimum atomic E-state index is -0.710. The van der Waals surface area contributed by atoms with E-state index in [1.807, 2.05) is 13.0 Å². The van der Waals surface area contributed by atoms with E-state index in [2.05, 4.69) is 11.9 Å². The van der Waals surface area contributed by atoms with Crippen LogP contribution < -0.4 is 11.1 Å². The Morgan fingerprint density at radius 2 is 2.03 bits per heavy atom. The molecule has 0 fully saturated rings. The van der Waals surface area contributed by atoms with E-state index in [1.165, 1.54) is 12.1 Å². The number of aryl methyl sites for hydroxylation is 1. The van der Waals surface area contributed by atoms with Crippen molar-refractivity contribution in [3.8, 4) is 0 Å². The Morgan fingerprint density at radius 1 is 1.27 bits per heavy atom. The molecule has 0 radical (unpaired) electrons. The standard InChI is InChI=1S/C23H25F3N4/c1-13(2)30-23(11-22(29-30)17-9-16(24)4-5-19(17)25)15(6-7-27)12-28-21-10-20(26)14(3)8-18(21)23/h4-5,8-10,15,28H,1,6-7,11-12,27H2,2-3H3. The fourth-order valence-electron chi connectivity index (χ4n) is 4.75. The predicted molar refractivity (Wildman–Crippen MR) is 113 cm³/mol. The topological polar surface area (TPSA) is 53.6 Å². The Kier molecular flexibility index (Phi) is 5.10. The number of nitrogens with two attached hydrogens (primary N) is 1. The summed E-state index contributed by atoms with van der Waals surface area (Å²) < 4.78 is 42.8. The van der Waals surface area contributed by atoms with Crippen molar-refractivity contribution in [2.45, 2.75) is 32.2 Å². The van der Waals surface area contributed by atoms with Gasteiger partial charge in [-0.2, -0.15) is 5.10 Å². The van der Waals surface area contributed by atoms with E-state index in [9.17, 15) is 13.2 Å². The normalized spacial score (nSPS) is 22.7. The molecule has 30 heavy (non-hydrogen) atoms. The maximum absolute atomic E-state index is 14.6. The molecule has 2 heterocycles. The Hall–Kier alpha value is -2.80. The van der Waals surface area contributed by atoms with Crippen molar-refractivity contribution in [3.05, 3.63) is 76.7 Å². The van der Waals surface area contributed by atoms with Gasteiger partial charge in [0.15, 0.2) is 0 Å². The van der Waals surface area contributed by atoms with Gasteiger partial charge in [-0.25, -0.2) is 13.2 Å². The summed E-state index contributed by atoms with van der Waals surface area (Å²) in [5, 5.41) is 9.81. The first-order valence-corrected chi connectivity index (χ1v) is 10.0. The summed E-state index contributed by atoms with van der Waals surface area (Å²) in [6.45, 7) is 8.64. The molecule has 2 atom stereocenters. The Morgan fingerprint density at radius 3 is 2.73 bits per heavy atom. The number of halogens is 3. The van der Waals surface area contributed by atoms with Crippen molar-refractivity contribution in [2.75, 3.05) is 18.4 Å². The third-order valence-electron chi connectivity index (χ3n) is 6.13. The number of nitrogens with one attached hydrogen (secondary N) is 1. The first-order chi connectivity index (χ1) is 14.3. The van der Waals surface area contributed by atoms with Crippen LogP contribution in [0.4, 0.5) is 18.9 Å². The molecule has 0 saturated heterocycles. The monoisotopic (exact) mass is 414 g/mol. The first-order valence-electron chi connectivity index (χ1n) is 10.0. The van der Waals surface area contributed by atoms with Crippen molar-refractivity contribution < 1.29 is 13.2 Å². The molecule has 0 aliphatic carbocycles. The van der Waals surface area contributed by atoms with Crippen molar-refractivity contribution >= 4 is 11.4 Å². The fraction of sp³-hybridized carbons (Fsp3) is 0.348. The van der Waals surface area contributed by atoms with Crippen LogP contribution >= 0.6 is 0 Å². The van der Waals surface area contributed by atoms with Crippen LogP contribution in [0.3, 0.4) is 0 Å². The lowest BCUT2D eigenvalue weighted by atomic mass is 9.69. The van der Waals surface area contributed by atoms with Gasteiger partial charge >= 0.3 is 0 Å².